The highest BCUT2D eigenvalue weighted by atomic mass is 16.4. The highest BCUT2D eigenvalue weighted by Gasteiger charge is 2.23. The van der Waals surface area contributed by atoms with Crippen molar-refractivity contribution in [3.05, 3.63) is 64.9 Å². The lowest BCUT2D eigenvalue weighted by molar-refractivity contribution is -0.115. The predicted molar refractivity (Wildman–Crippen MR) is 78.8 cm³/mol. The monoisotopic (exact) mass is 296 g/mol. The molecule has 1 aliphatic heterocycles. The van der Waals surface area contributed by atoms with Crippen LogP contribution in [0, 0.1) is 0 Å². The zero-order valence-corrected chi connectivity index (χ0v) is 11.4. The number of rotatable bonds is 3. The van der Waals surface area contributed by atoms with Gasteiger partial charge in [-0.3, -0.25) is 10.1 Å². The summed E-state index contributed by atoms with van der Waals surface area (Å²) < 4.78 is 0. The van der Waals surface area contributed by atoms with Crippen LogP contribution in [0.5, 0.6) is 0 Å². The fourth-order valence-electron chi connectivity index (χ4n) is 2.34. The van der Waals surface area contributed by atoms with Crippen LogP contribution in [0.4, 0.5) is 4.79 Å². The Labute approximate surface area is 125 Å². The number of carboxylic acids is 1. The maximum atomic E-state index is 11.5. The summed E-state index contributed by atoms with van der Waals surface area (Å²) in [5.41, 5.74) is 3.31. The molecule has 1 fully saturated rings. The third kappa shape index (κ3) is 2.67. The minimum atomic E-state index is -0.960. The standard InChI is InChI=1S/C16H12N2O4/c19-14-13(17-16(22)18-14)8-9-1-2-12(7-9)10-3-5-11(6-4-10)15(20)21/h1-6,8H,7H2,(H,20,21)(H2,17,18,19,22)/b13-8-. The summed E-state index contributed by atoms with van der Waals surface area (Å²) in [4.78, 5) is 33.3. The van der Waals surface area contributed by atoms with Crippen molar-refractivity contribution in [3.63, 3.8) is 0 Å². The van der Waals surface area contributed by atoms with Crippen LogP contribution >= 0.6 is 0 Å². The van der Waals surface area contributed by atoms with E-state index in [4.69, 9.17) is 5.11 Å². The van der Waals surface area contributed by atoms with Crippen molar-refractivity contribution in [2.45, 2.75) is 6.42 Å². The number of amides is 3. The van der Waals surface area contributed by atoms with E-state index in [9.17, 15) is 14.4 Å². The van der Waals surface area contributed by atoms with Crippen LogP contribution < -0.4 is 10.6 Å². The molecule has 0 spiro atoms. The highest BCUT2D eigenvalue weighted by Crippen LogP contribution is 2.29. The summed E-state index contributed by atoms with van der Waals surface area (Å²) in [5.74, 6) is -1.40. The molecule has 1 aliphatic carbocycles. The summed E-state index contributed by atoms with van der Waals surface area (Å²) in [6.07, 6.45) is 6.02. The van der Waals surface area contributed by atoms with E-state index in [2.05, 4.69) is 10.6 Å². The zero-order chi connectivity index (χ0) is 15.7. The molecule has 110 valence electrons. The summed E-state index contributed by atoms with van der Waals surface area (Å²) in [6, 6.07) is 6.10. The summed E-state index contributed by atoms with van der Waals surface area (Å²) >= 11 is 0. The number of urea groups is 1. The fourth-order valence-corrected chi connectivity index (χ4v) is 2.34. The van der Waals surface area contributed by atoms with Crippen LogP contribution in [0.25, 0.3) is 5.57 Å². The first-order valence-electron chi connectivity index (χ1n) is 6.60. The Balaban J connectivity index is 1.71. The van der Waals surface area contributed by atoms with Gasteiger partial charge in [-0.2, -0.15) is 0 Å². The van der Waals surface area contributed by atoms with Crippen LogP contribution in [0.15, 0.2) is 53.8 Å². The number of aromatic carboxylic acids is 1. The van der Waals surface area contributed by atoms with Crippen LogP contribution in [-0.4, -0.2) is 23.0 Å². The van der Waals surface area contributed by atoms with Gasteiger partial charge in [0.05, 0.1) is 5.56 Å². The second-order valence-electron chi connectivity index (χ2n) is 4.96. The number of imide groups is 1. The Morgan fingerprint density at radius 2 is 1.82 bits per heavy atom. The van der Waals surface area contributed by atoms with Crippen LogP contribution in [-0.2, 0) is 4.79 Å². The van der Waals surface area contributed by atoms with Crippen molar-refractivity contribution in [1.29, 1.82) is 0 Å². The number of carboxylic acid groups (broad SMARTS) is 1. The Hall–Kier alpha value is -3.15. The van der Waals surface area contributed by atoms with Gasteiger partial charge in [0.2, 0.25) is 0 Å². The molecule has 3 rings (SSSR count). The molecule has 0 saturated carbocycles. The molecule has 1 aromatic carbocycles. The average molecular weight is 296 g/mol. The predicted octanol–water partition coefficient (Wildman–Crippen LogP) is 1.82. The van der Waals surface area contributed by atoms with Gasteiger partial charge in [0.1, 0.15) is 5.70 Å². The summed E-state index contributed by atoms with van der Waals surface area (Å²) in [5, 5.41) is 13.5. The number of carbonyl (C=O) groups excluding carboxylic acids is 2. The van der Waals surface area contributed by atoms with Crippen LogP contribution in [0.3, 0.4) is 0 Å². The fraction of sp³-hybridized carbons (Fsp3) is 0.0625. The maximum absolute atomic E-state index is 11.5. The number of allylic oxidation sites excluding steroid dienone is 5. The first kappa shape index (κ1) is 13.8. The van der Waals surface area contributed by atoms with Gasteiger partial charge in [0, 0.05) is 0 Å². The molecular formula is C16H12N2O4. The van der Waals surface area contributed by atoms with E-state index >= 15 is 0 Å². The molecule has 0 bridgehead atoms. The largest absolute Gasteiger partial charge is 0.478 e. The Kier molecular flexibility index (Phi) is 3.34. The van der Waals surface area contributed by atoms with E-state index in [0.29, 0.717) is 6.42 Å². The van der Waals surface area contributed by atoms with E-state index in [1.165, 1.54) is 0 Å². The van der Waals surface area contributed by atoms with Gasteiger partial charge in [-0.15, -0.1) is 0 Å². The third-order valence-electron chi connectivity index (χ3n) is 3.45. The molecule has 2 aliphatic rings. The number of nitrogens with one attached hydrogen (secondary N) is 2. The highest BCUT2D eigenvalue weighted by molar-refractivity contribution is 6.12. The number of hydrogen-bond donors (Lipinski definition) is 3. The molecule has 0 atom stereocenters. The summed E-state index contributed by atoms with van der Waals surface area (Å²) in [7, 11) is 0. The molecular weight excluding hydrogens is 284 g/mol. The average Bonchev–Trinajstić information content (AvgIpc) is 3.06. The molecule has 1 saturated heterocycles. The lowest BCUT2D eigenvalue weighted by Crippen LogP contribution is -2.22. The van der Waals surface area contributed by atoms with Crippen molar-refractivity contribution >= 4 is 23.5 Å². The SMILES string of the molecule is O=C1NC(=O)/C(=C/C2=CC=C(c3ccc(C(=O)O)cc3)C2)N1. The molecule has 1 aromatic rings. The number of benzene rings is 1. The Morgan fingerprint density at radius 1 is 1.09 bits per heavy atom. The Morgan fingerprint density at radius 3 is 2.41 bits per heavy atom. The molecule has 0 unspecified atom stereocenters. The van der Waals surface area contributed by atoms with Crippen molar-refractivity contribution in [3.8, 4) is 0 Å². The lowest BCUT2D eigenvalue weighted by atomic mass is 10.0. The molecule has 6 nitrogen and oxygen atoms in total. The molecule has 22 heavy (non-hydrogen) atoms. The van der Waals surface area contributed by atoms with Gasteiger partial charge < -0.3 is 10.4 Å². The smallest absolute Gasteiger partial charge is 0.335 e. The molecule has 3 amide bonds. The van der Waals surface area contributed by atoms with Gasteiger partial charge in [-0.1, -0.05) is 24.3 Å². The maximum Gasteiger partial charge on any atom is 0.335 e. The minimum Gasteiger partial charge on any atom is -0.478 e. The van der Waals surface area contributed by atoms with E-state index in [-0.39, 0.29) is 11.3 Å². The van der Waals surface area contributed by atoms with Gasteiger partial charge in [0.15, 0.2) is 0 Å². The van der Waals surface area contributed by atoms with Crippen LogP contribution in [0.2, 0.25) is 0 Å². The topological polar surface area (TPSA) is 95.5 Å². The first-order chi connectivity index (χ1) is 10.5. The molecule has 0 radical (unpaired) electrons. The molecule has 6 heteroatoms. The number of carbonyl (C=O) groups is 3. The van der Waals surface area contributed by atoms with E-state index in [0.717, 1.165) is 16.7 Å². The second-order valence-corrected chi connectivity index (χ2v) is 4.96. The quantitative estimate of drug-likeness (QED) is 0.585. The van der Waals surface area contributed by atoms with Gasteiger partial charge in [-0.05, 0) is 41.3 Å². The molecule has 1 heterocycles. The van der Waals surface area contributed by atoms with E-state index in [1.807, 2.05) is 12.2 Å². The van der Waals surface area contributed by atoms with Crippen molar-refractivity contribution < 1.29 is 19.5 Å². The summed E-state index contributed by atoms with van der Waals surface area (Å²) in [6.45, 7) is 0. The lowest BCUT2D eigenvalue weighted by Gasteiger charge is -2.04. The van der Waals surface area contributed by atoms with Crippen molar-refractivity contribution in [2.75, 3.05) is 0 Å². The third-order valence-corrected chi connectivity index (χ3v) is 3.45. The molecule has 3 N–H and O–H groups in total. The van der Waals surface area contributed by atoms with Gasteiger partial charge in [0.25, 0.3) is 5.91 Å². The normalized spacial score (nSPS) is 18.8. The van der Waals surface area contributed by atoms with Gasteiger partial charge >= 0.3 is 12.0 Å². The Bertz CT molecular complexity index is 770. The van der Waals surface area contributed by atoms with Crippen LogP contribution in [0.1, 0.15) is 22.3 Å². The van der Waals surface area contributed by atoms with Crippen molar-refractivity contribution in [1.82, 2.24) is 10.6 Å². The number of hydrogen-bond acceptors (Lipinski definition) is 3. The minimum absolute atomic E-state index is 0.229. The first-order valence-corrected chi connectivity index (χ1v) is 6.60. The van der Waals surface area contributed by atoms with Crippen molar-refractivity contribution in [2.24, 2.45) is 0 Å². The zero-order valence-electron chi connectivity index (χ0n) is 11.4. The van der Waals surface area contributed by atoms with Gasteiger partial charge in [-0.25, -0.2) is 9.59 Å². The molecule has 0 aromatic heterocycles. The van der Waals surface area contributed by atoms with E-state index < -0.39 is 17.9 Å². The second kappa shape index (κ2) is 5.33. The van der Waals surface area contributed by atoms with E-state index in [1.54, 1.807) is 30.3 Å².